The first-order chi connectivity index (χ1) is 10.9. The average molecular weight is 313 g/mol. The topological polar surface area (TPSA) is 78.8 Å². The summed E-state index contributed by atoms with van der Waals surface area (Å²) in [6.45, 7) is 3.54. The molecule has 0 aliphatic carbocycles. The van der Waals surface area contributed by atoms with Crippen molar-refractivity contribution in [1.82, 2.24) is 5.32 Å². The molecule has 3 rings (SSSR count). The van der Waals surface area contributed by atoms with Gasteiger partial charge in [-0.15, -0.1) is 0 Å². The highest BCUT2D eigenvalue weighted by molar-refractivity contribution is 6.22. The summed E-state index contributed by atoms with van der Waals surface area (Å²) in [5.41, 5.74) is 0.0663. The van der Waals surface area contributed by atoms with E-state index in [1.807, 2.05) is 37.3 Å². The van der Waals surface area contributed by atoms with Crippen molar-refractivity contribution < 1.29 is 14.4 Å². The highest BCUT2D eigenvalue weighted by atomic mass is 16.2. The lowest BCUT2D eigenvalue weighted by molar-refractivity contribution is -0.132. The number of amides is 3. The van der Waals surface area contributed by atoms with Gasteiger partial charge in [-0.3, -0.25) is 24.7 Å². The van der Waals surface area contributed by atoms with E-state index in [1.165, 1.54) is 4.90 Å². The number of nitrogens with zero attached hydrogens (tertiary/aromatic N) is 2. The summed E-state index contributed by atoms with van der Waals surface area (Å²) in [4.78, 5) is 43.5. The maximum atomic E-state index is 13.2. The highest BCUT2D eigenvalue weighted by Gasteiger charge is 2.62. The summed E-state index contributed by atoms with van der Waals surface area (Å²) in [5.74, 6) is -2.40. The minimum absolute atomic E-state index is 0.261. The van der Waals surface area contributed by atoms with Crippen LogP contribution in [0.1, 0.15) is 20.3 Å². The van der Waals surface area contributed by atoms with E-state index in [0.717, 1.165) is 5.69 Å². The number of benzene rings is 1. The fourth-order valence-electron chi connectivity index (χ4n) is 3.65. The molecule has 3 amide bonds. The Labute approximate surface area is 134 Å². The van der Waals surface area contributed by atoms with Crippen molar-refractivity contribution >= 4 is 29.1 Å². The molecule has 1 saturated heterocycles. The molecule has 2 aliphatic rings. The Morgan fingerprint density at radius 3 is 2.52 bits per heavy atom. The number of hydrogen-bond donors (Lipinski definition) is 1. The van der Waals surface area contributed by atoms with Crippen molar-refractivity contribution in [3.8, 4) is 0 Å². The summed E-state index contributed by atoms with van der Waals surface area (Å²) in [6.07, 6.45) is 0.363. The van der Waals surface area contributed by atoms with Gasteiger partial charge in [0.1, 0.15) is 0 Å². The van der Waals surface area contributed by atoms with Gasteiger partial charge in [0.25, 0.3) is 5.91 Å². The number of para-hydroxylation sites is 1. The maximum absolute atomic E-state index is 13.2. The zero-order valence-electron chi connectivity index (χ0n) is 13.4. The van der Waals surface area contributed by atoms with E-state index in [2.05, 4.69) is 10.3 Å². The minimum atomic E-state index is -1.21. The van der Waals surface area contributed by atoms with Crippen molar-refractivity contribution in [3.05, 3.63) is 30.3 Å². The van der Waals surface area contributed by atoms with Crippen LogP contribution in [0.4, 0.5) is 5.69 Å². The van der Waals surface area contributed by atoms with Gasteiger partial charge in [-0.2, -0.15) is 0 Å². The molecule has 3 unspecified atom stereocenters. The van der Waals surface area contributed by atoms with Gasteiger partial charge < -0.3 is 4.90 Å². The molecule has 0 bridgehead atoms. The monoisotopic (exact) mass is 313 g/mol. The number of likely N-dealkylation sites (N-methyl/N-ethyl adjacent to an activating group) is 1. The van der Waals surface area contributed by atoms with Gasteiger partial charge in [0.2, 0.25) is 11.8 Å². The number of imide groups is 1. The predicted octanol–water partition coefficient (Wildman–Crippen LogP) is 1.16. The summed E-state index contributed by atoms with van der Waals surface area (Å²) in [7, 11) is 1.67. The lowest BCUT2D eigenvalue weighted by Crippen LogP contribution is -2.52. The van der Waals surface area contributed by atoms with Crippen LogP contribution in [0.3, 0.4) is 0 Å². The Morgan fingerprint density at radius 2 is 1.91 bits per heavy atom. The van der Waals surface area contributed by atoms with Crippen molar-refractivity contribution in [3.63, 3.8) is 0 Å². The van der Waals surface area contributed by atoms with E-state index < -0.39 is 23.3 Å². The Balaban J connectivity index is 2.03. The van der Waals surface area contributed by atoms with Crippen molar-refractivity contribution in [2.24, 2.45) is 16.8 Å². The van der Waals surface area contributed by atoms with Crippen LogP contribution < -0.4 is 10.2 Å². The van der Waals surface area contributed by atoms with Crippen LogP contribution in [0.15, 0.2) is 35.3 Å². The van der Waals surface area contributed by atoms with Crippen LogP contribution in [0.5, 0.6) is 0 Å². The Hall–Kier alpha value is -2.50. The number of carbonyl (C=O) groups excluding carboxylic acids is 3. The number of hydrogen-bond acceptors (Lipinski definition) is 4. The van der Waals surface area contributed by atoms with Gasteiger partial charge in [-0.05, 0) is 25.5 Å². The van der Waals surface area contributed by atoms with Crippen LogP contribution in [0, 0.1) is 11.8 Å². The molecule has 1 aromatic carbocycles. The third-order valence-electron chi connectivity index (χ3n) is 4.84. The molecule has 120 valence electrons. The normalized spacial score (nSPS) is 29.1. The standard InChI is InChI=1S/C17H19N3O3/c1-4-17(16(23)20(3)11-8-6-5-7-9-11)13-12(10(2)19-17)14(21)18-15(13)22/h5-9,12-13H,4H2,1-3H3,(H,18,21,22). The smallest absolute Gasteiger partial charge is 0.255 e. The molecule has 6 heteroatoms. The van der Waals surface area contributed by atoms with E-state index in [4.69, 9.17) is 0 Å². The fourth-order valence-corrected chi connectivity index (χ4v) is 3.65. The van der Waals surface area contributed by atoms with Crippen molar-refractivity contribution in [1.29, 1.82) is 0 Å². The molecule has 2 heterocycles. The van der Waals surface area contributed by atoms with Crippen LogP contribution in [-0.2, 0) is 14.4 Å². The summed E-state index contributed by atoms with van der Waals surface area (Å²) < 4.78 is 0. The van der Waals surface area contributed by atoms with Crippen molar-refractivity contribution in [2.45, 2.75) is 25.8 Å². The molecule has 1 aromatic rings. The molecular weight excluding hydrogens is 294 g/mol. The quantitative estimate of drug-likeness (QED) is 0.851. The molecule has 1 N–H and O–H groups in total. The number of rotatable bonds is 3. The van der Waals surface area contributed by atoms with Gasteiger partial charge >= 0.3 is 0 Å². The maximum Gasteiger partial charge on any atom is 0.255 e. The Kier molecular flexibility index (Phi) is 3.55. The van der Waals surface area contributed by atoms with E-state index in [-0.39, 0.29) is 11.8 Å². The SMILES string of the molecule is CCC1(C(=O)N(C)c2ccccc2)N=C(C)C2C(=O)NC(=O)C21. The fraction of sp³-hybridized carbons (Fsp3) is 0.412. The molecular formula is C17H19N3O3. The van der Waals surface area contributed by atoms with Crippen LogP contribution in [0.2, 0.25) is 0 Å². The van der Waals surface area contributed by atoms with Gasteiger partial charge in [0, 0.05) is 18.4 Å². The minimum Gasteiger partial charge on any atom is -0.313 e. The van der Waals surface area contributed by atoms with Crippen LogP contribution >= 0.6 is 0 Å². The van der Waals surface area contributed by atoms with E-state index >= 15 is 0 Å². The Morgan fingerprint density at radius 1 is 1.26 bits per heavy atom. The summed E-state index contributed by atoms with van der Waals surface area (Å²) >= 11 is 0. The molecule has 2 aliphatic heterocycles. The van der Waals surface area contributed by atoms with E-state index in [9.17, 15) is 14.4 Å². The summed E-state index contributed by atoms with van der Waals surface area (Å²) in [6, 6.07) is 9.20. The first-order valence-corrected chi connectivity index (χ1v) is 7.66. The van der Waals surface area contributed by atoms with Crippen LogP contribution in [0.25, 0.3) is 0 Å². The zero-order valence-corrected chi connectivity index (χ0v) is 13.4. The molecule has 6 nitrogen and oxygen atoms in total. The van der Waals surface area contributed by atoms with Gasteiger partial charge in [0.05, 0.1) is 11.8 Å². The van der Waals surface area contributed by atoms with Gasteiger partial charge in [-0.25, -0.2) is 0 Å². The molecule has 0 saturated carbocycles. The summed E-state index contributed by atoms with van der Waals surface area (Å²) in [5, 5.41) is 2.34. The lowest BCUT2D eigenvalue weighted by Gasteiger charge is -2.32. The van der Waals surface area contributed by atoms with Crippen LogP contribution in [-0.4, -0.2) is 36.0 Å². The number of nitrogens with one attached hydrogen (secondary N) is 1. The Bertz CT molecular complexity index is 713. The molecule has 3 atom stereocenters. The lowest BCUT2D eigenvalue weighted by atomic mass is 9.76. The molecule has 0 radical (unpaired) electrons. The number of anilines is 1. The predicted molar refractivity (Wildman–Crippen MR) is 86.1 cm³/mol. The highest BCUT2D eigenvalue weighted by Crippen LogP contribution is 2.43. The zero-order chi connectivity index (χ0) is 16.8. The molecule has 0 aromatic heterocycles. The second-order valence-electron chi connectivity index (χ2n) is 6.04. The second-order valence-corrected chi connectivity index (χ2v) is 6.04. The molecule has 1 fully saturated rings. The van der Waals surface area contributed by atoms with Gasteiger partial charge in [0.15, 0.2) is 5.54 Å². The van der Waals surface area contributed by atoms with E-state index in [0.29, 0.717) is 12.1 Å². The third-order valence-corrected chi connectivity index (χ3v) is 4.84. The van der Waals surface area contributed by atoms with Gasteiger partial charge in [-0.1, -0.05) is 25.1 Å². The van der Waals surface area contributed by atoms with Crippen molar-refractivity contribution in [2.75, 3.05) is 11.9 Å². The first-order valence-electron chi connectivity index (χ1n) is 7.66. The number of aliphatic imine (C=N–C) groups is 1. The average Bonchev–Trinajstić information content (AvgIpc) is 3.04. The molecule has 0 spiro atoms. The largest absolute Gasteiger partial charge is 0.313 e. The third kappa shape index (κ3) is 2.09. The number of fused-ring (bicyclic) bond motifs is 1. The second kappa shape index (κ2) is 5.30. The van der Waals surface area contributed by atoms with E-state index in [1.54, 1.807) is 14.0 Å². The first kappa shape index (κ1) is 15.4. The number of carbonyl (C=O) groups is 3. The molecule has 23 heavy (non-hydrogen) atoms.